The molecule has 1 N–H and O–H groups in total. The van der Waals surface area contributed by atoms with Gasteiger partial charge >= 0.3 is 0 Å². The van der Waals surface area contributed by atoms with Crippen molar-refractivity contribution in [2.24, 2.45) is 5.92 Å². The highest BCUT2D eigenvalue weighted by atomic mass is 32.2. The summed E-state index contributed by atoms with van der Waals surface area (Å²) in [6.07, 6.45) is 1.36. The normalized spacial score (nSPS) is 21.4. The molecule has 0 amide bonds. The molecule has 0 spiro atoms. The van der Waals surface area contributed by atoms with Crippen LogP contribution in [0, 0.1) is 5.92 Å². The highest BCUT2D eigenvalue weighted by molar-refractivity contribution is 7.99. The molecule has 2 nitrogen and oxygen atoms in total. The molecule has 3 heteroatoms. The quantitative estimate of drug-likeness (QED) is 0.869. The number of ether oxygens (including phenoxy) is 1. The predicted octanol–water partition coefficient (Wildman–Crippen LogP) is 3.10. The zero-order valence-corrected chi connectivity index (χ0v) is 11.4. The number of thioether (sulfide) groups is 1. The van der Waals surface area contributed by atoms with Crippen LogP contribution in [0.1, 0.15) is 24.9 Å². The summed E-state index contributed by atoms with van der Waals surface area (Å²) in [5.41, 5.74) is 1.30. The molecule has 0 bridgehead atoms. The molecule has 0 aliphatic carbocycles. The fourth-order valence-corrected chi connectivity index (χ4v) is 3.40. The smallest absolute Gasteiger partial charge is 0.119 e. The van der Waals surface area contributed by atoms with Crippen LogP contribution in [0.4, 0.5) is 0 Å². The van der Waals surface area contributed by atoms with Crippen molar-refractivity contribution in [1.82, 2.24) is 5.32 Å². The van der Waals surface area contributed by atoms with Crippen LogP contribution in [-0.4, -0.2) is 25.2 Å². The number of hydrogen-bond donors (Lipinski definition) is 1. The lowest BCUT2D eigenvalue weighted by Crippen LogP contribution is -2.25. The Kier molecular flexibility index (Phi) is 4.75. The van der Waals surface area contributed by atoms with Crippen molar-refractivity contribution in [2.75, 3.05) is 25.2 Å². The lowest BCUT2D eigenvalue weighted by molar-refractivity contribution is 0.412. The van der Waals surface area contributed by atoms with Crippen molar-refractivity contribution in [1.29, 1.82) is 0 Å². The molecule has 1 unspecified atom stereocenters. The standard InChI is InChI=1S/C14H21NOS/c1-11(15-9-12-6-7-17-10-12)13-4-3-5-14(8-13)16-2/h3-5,8,11-12,15H,6-7,9-10H2,1-2H3/t11-,12?/m0/s1. The Bertz CT molecular complexity index is 350. The van der Waals surface area contributed by atoms with Gasteiger partial charge in [0, 0.05) is 6.04 Å². The second-order valence-electron chi connectivity index (χ2n) is 4.64. The van der Waals surface area contributed by atoms with E-state index in [0.717, 1.165) is 18.2 Å². The molecule has 1 aromatic carbocycles. The van der Waals surface area contributed by atoms with Crippen LogP contribution in [-0.2, 0) is 0 Å². The van der Waals surface area contributed by atoms with E-state index in [1.54, 1.807) is 7.11 Å². The minimum atomic E-state index is 0.399. The molecular weight excluding hydrogens is 230 g/mol. The third kappa shape index (κ3) is 3.65. The van der Waals surface area contributed by atoms with Crippen LogP contribution >= 0.6 is 11.8 Å². The zero-order chi connectivity index (χ0) is 12.1. The number of benzene rings is 1. The summed E-state index contributed by atoms with van der Waals surface area (Å²) >= 11 is 2.08. The fraction of sp³-hybridized carbons (Fsp3) is 0.571. The SMILES string of the molecule is COc1cccc([C@H](C)NCC2CCSC2)c1. The van der Waals surface area contributed by atoms with Crippen LogP contribution < -0.4 is 10.1 Å². The average molecular weight is 251 g/mol. The van der Waals surface area contributed by atoms with Crippen molar-refractivity contribution in [2.45, 2.75) is 19.4 Å². The van der Waals surface area contributed by atoms with Crippen molar-refractivity contribution in [3.63, 3.8) is 0 Å². The molecule has 1 saturated heterocycles. The average Bonchev–Trinajstić information content (AvgIpc) is 2.89. The number of methoxy groups -OCH3 is 1. The molecule has 0 aromatic heterocycles. The molecule has 1 heterocycles. The van der Waals surface area contributed by atoms with Gasteiger partial charge in [-0.3, -0.25) is 0 Å². The van der Waals surface area contributed by atoms with Gasteiger partial charge in [-0.2, -0.15) is 11.8 Å². The van der Waals surface area contributed by atoms with E-state index in [-0.39, 0.29) is 0 Å². The van der Waals surface area contributed by atoms with E-state index in [1.807, 2.05) is 6.07 Å². The molecule has 1 aliphatic heterocycles. The Labute approximate surface area is 108 Å². The summed E-state index contributed by atoms with van der Waals surface area (Å²) in [5.74, 6) is 4.44. The topological polar surface area (TPSA) is 21.3 Å². The lowest BCUT2D eigenvalue weighted by atomic mass is 10.1. The van der Waals surface area contributed by atoms with E-state index in [0.29, 0.717) is 6.04 Å². The fourth-order valence-electron chi connectivity index (χ4n) is 2.12. The first kappa shape index (κ1) is 12.8. The van der Waals surface area contributed by atoms with Gasteiger partial charge in [0.25, 0.3) is 0 Å². The van der Waals surface area contributed by atoms with E-state index in [4.69, 9.17) is 4.74 Å². The van der Waals surface area contributed by atoms with E-state index in [2.05, 4.69) is 42.2 Å². The highest BCUT2D eigenvalue weighted by Gasteiger charge is 2.16. The Morgan fingerprint density at radius 1 is 1.53 bits per heavy atom. The van der Waals surface area contributed by atoms with Crippen LogP contribution in [0.25, 0.3) is 0 Å². The second kappa shape index (κ2) is 6.31. The molecule has 94 valence electrons. The molecule has 1 aromatic rings. The van der Waals surface area contributed by atoms with Gasteiger partial charge in [-0.25, -0.2) is 0 Å². The van der Waals surface area contributed by atoms with Crippen LogP contribution in [0.15, 0.2) is 24.3 Å². The van der Waals surface area contributed by atoms with Gasteiger partial charge in [0.05, 0.1) is 7.11 Å². The van der Waals surface area contributed by atoms with Crippen LogP contribution in [0.3, 0.4) is 0 Å². The molecule has 0 saturated carbocycles. The third-order valence-electron chi connectivity index (χ3n) is 3.33. The Morgan fingerprint density at radius 2 is 2.41 bits per heavy atom. The molecule has 1 fully saturated rings. The second-order valence-corrected chi connectivity index (χ2v) is 5.79. The monoisotopic (exact) mass is 251 g/mol. The summed E-state index contributed by atoms with van der Waals surface area (Å²) in [7, 11) is 1.72. The van der Waals surface area contributed by atoms with Gasteiger partial charge in [0.15, 0.2) is 0 Å². The van der Waals surface area contributed by atoms with Gasteiger partial charge in [-0.05, 0) is 55.0 Å². The largest absolute Gasteiger partial charge is 0.497 e. The molecule has 2 rings (SSSR count). The summed E-state index contributed by atoms with van der Waals surface area (Å²) < 4.78 is 5.25. The minimum absolute atomic E-state index is 0.399. The van der Waals surface area contributed by atoms with E-state index >= 15 is 0 Å². The zero-order valence-electron chi connectivity index (χ0n) is 10.6. The van der Waals surface area contributed by atoms with Crippen LogP contribution in [0.2, 0.25) is 0 Å². The Hall–Kier alpha value is -0.670. The van der Waals surface area contributed by atoms with E-state index in [1.165, 1.54) is 23.5 Å². The predicted molar refractivity (Wildman–Crippen MR) is 74.8 cm³/mol. The first-order chi connectivity index (χ1) is 8.29. The maximum Gasteiger partial charge on any atom is 0.119 e. The van der Waals surface area contributed by atoms with E-state index < -0.39 is 0 Å². The molecule has 2 atom stereocenters. The van der Waals surface area contributed by atoms with Gasteiger partial charge in [0.1, 0.15) is 5.75 Å². The first-order valence-electron chi connectivity index (χ1n) is 6.24. The van der Waals surface area contributed by atoms with Crippen molar-refractivity contribution < 1.29 is 4.74 Å². The maximum absolute atomic E-state index is 5.25. The Balaban J connectivity index is 1.87. The van der Waals surface area contributed by atoms with Crippen molar-refractivity contribution in [3.05, 3.63) is 29.8 Å². The molecule has 0 radical (unpaired) electrons. The summed E-state index contributed by atoms with van der Waals surface area (Å²) in [6, 6.07) is 8.71. The molecule has 1 aliphatic rings. The summed E-state index contributed by atoms with van der Waals surface area (Å²) in [5, 5.41) is 3.62. The lowest BCUT2D eigenvalue weighted by Gasteiger charge is -2.17. The van der Waals surface area contributed by atoms with Crippen molar-refractivity contribution in [3.8, 4) is 5.75 Å². The molecular formula is C14H21NOS. The highest BCUT2D eigenvalue weighted by Crippen LogP contribution is 2.24. The van der Waals surface area contributed by atoms with Gasteiger partial charge < -0.3 is 10.1 Å². The summed E-state index contributed by atoms with van der Waals surface area (Å²) in [6.45, 7) is 3.35. The summed E-state index contributed by atoms with van der Waals surface area (Å²) in [4.78, 5) is 0. The van der Waals surface area contributed by atoms with Gasteiger partial charge in [0.2, 0.25) is 0 Å². The minimum Gasteiger partial charge on any atom is -0.497 e. The van der Waals surface area contributed by atoms with Gasteiger partial charge in [-0.15, -0.1) is 0 Å². The molecule has 17 heavy (non-hydrogen) atoms. The van der Waals surface area contributed by atoms with Crippen LogP contribution in [0.5, 0.6) is 5.75 Å². The maximum atomic E-state index is 5.25. The number of nitrogens with one attached hydrogen (secondary N) is 1. The number of hydrogen-bond acceptors (Lipinski definition) is 3. The van der Waals surface area contributed by atoms with Crippen molar-refractivity contribution >= 4 is 11.8 Å². The number of rotatable bonds is 5. The Morgan fingerprint density at radius 3 is 3.12 bits per heavy atom. The third-order valence-corrected chi connectivity index (χ3v) is 4.56. The van der Waals surface area contributed by atoms with Gasteiger partial charge in [-0.1, -0.05) is 12.1 Å². The first-order valence-corrected chi connectivity index (χ1v) is 7.40. The van der Waals surface area contributed by atoms with E-state index in [9.17, 15) is 0 Å².